The minimum atomic E-state index is -0.0747. The molecule has 1 N–H and O–H groups in total. The fraction of sp³-hybridized carbons (Fsp3) is 0.800. The van der Waals surface area contributed by atoms with Crippen molar-refractivity contribution >= 4 is 5.91 Å². The van der Waals surface area contributed by atoms with E-state index in [1.54, 1.807) is 17.1 Å². The van der Waals surface area contributed by atoms with Gasteiger partial charge >= 0.3 is 0 Å². The molecule has 0 saturated carbocycles. The third-order valence-electron chi connectivity index (χ3n) is 6.96. The number of fused-ring (bicyclic) bond motifs is 1. The van der Waals surface area contributed by atoms with Crippen molar-refractivity contribution in [3.05, 3.63) is 18.2 Å². The number of aryl methyl sites for hydroxylation is 1. The molecule has 6 nitrogen and oxygen atoms in total. The maximum atomic E-state index is 12.4. The lowest BCUT2D eigenvalue weighted by atomic mass is 9.73. The van der Waals surface area contributed by atoms with Crippen LogP contribution < -0.4 is 5.32 Å². The van der Waals surface area contributed by atoms with Gasteiger partial charge in [-0.2, -0.15) is 0 Å². The molecule has 0 aromatic carbocycles. The lowest BCUT2D eigenvalue weighted by Gasteiger charge is -2.29. The van der Waals surface area contributed by atoms with E-state index in [1.165, 1.54) is 25.8 Å². The number of hydrogen-bond acceptors (Lipinski definition) is 4. The zero-order valence-corrected chi connectivity index (χ0v) is 16.3. The molecule has 6 heteroatoms. The Bertz CT molecular complexity index is 656. The van der Waals surface area contributed by atoms with Crippen LogP contribution in [0, 0.1) is 17.8 Å². The van der Waals surface area contributed by atoms with Crippen LogP contribution in [0.5, 0.6) is 0 Å². The first-order chi connectivity index (χ1) is 12.5. The van der Waals surface area contributed by atoms with Gasteiger partial charge in [0.1, 0.15) is 5.69 Å². The summed E-state index contributed by atoms with van der Waals surface area (Å²) in [7, 11) is 1.88. The molecule has 2 bridgehead atoms. The summed E-state index contributed by atoms with van der Waals surface area (Å²) in [5, 5.41) is 3.11. The Hall–Kier alpha value is -1.40. The third kappa shape index (κ3) is 3.07. The van der Waals surface area contributed by atoms with Gasteiger partial charge in [-0.05, 0) is 18.8 Å². The van der Waals surface area contributed by atoms with Crippen molar-refractivity contribution in [1.82, 2.24) is 19.8 Å². The fourth-order valence-corrected chi connectivity index (χ4v) is 5.44. The minimum Gasteiger partial charge on any atom is -0.370 e. The van der Waals surface area contributed by atoms with E-state index in [0.717, 1.165) is 25.4 Å². The number of carbonyl (C=O) groups is 1. The molecule has 1 aromatic rings. The average Bonchev–Trinajstić information content (AvgIpc) is 3.37. The van der Waals surface area contributed by atoms with E-state index in [1.807, 2.05) is 7.05 Å². The second-order valence-corrected chi connectivity index (χ2v) is 8.54. The Morgan fingerprint density at radius 3 is 2.96 bits per heavy atom. The second-order valence-electron chi connectivity index (χ2n) is 8.54. The van der Waals surface area contributed by atoms with Crippen molar-refractivity contribution < 1.29 is 9.53 Å². The molecular formula is C20H32N4O2. The van der Waals surface area contributed by atoms with Gasteiger partial charge in [-0.25, -0.2) is 4.98 Å². The van der Waals surface area contributed by atoms with Gasteiger partial charge in [-0.3, -0.25) is 9.69 Å². The second kappa shape index (κ2) is 6.97. The number of likely N-dealkylation sites (tertiary alicyclic amines) is 1. The zero-order chi connectivity index (χ0) is 18.3. The summed E-state index contributed by atoms with van der Waals surface area (Å²) in [6.45, 7) is 8.67. The predicted molar refractivity (Wildman–Crippen MR) is 99.9 cm³/mol. The lowest BCUT2D eigenvalue weighted by Crippen LogP contribution is -2.42. The first-order valence-corrected chi connectivity index (χ1v) is 10.2. The number of nitrogens with one attached hydrogen (secondary N) is 1. The number of ether oxygens (including phenoxy) is 1. The van der Waals surface area contributed by atoms with Gasteiger partial charge in [-0.15, -0.1) is 0 Å². The van der Waals surface area contributed by atoms with Gasteiger partial charge in [0.2, 0.25) is 0 Å². The number of amides is 1. The van der Waals surface area contributed by atoms with Crippen LogP contribution in [-0.2, 0) is 11.8 Å². The van der Waals surface area contributed by atoms with Crippen LogP contribution in [0.25, 0.3) is 0 Å². The minimum absolute atomic E-state index is 0.0527. The van der Waals surface area contributed by atoms with E-state index in [2.05, 4.69) is 29.0 Å². The van der Waals surface area contributed by atoms with E-state index in [4.69, 9.17) is 4.74 Å². The van der Waals surface area contributed by atoms with Crippen molar-refractivity contribution in [2.24, 2.45) is 24.8 Å². The van der Waals surface area contributed by atoms with E-state index in [9.17, 15) is 4.79 Å². The quantitative estimate of drug-likeness (QED) is 0.809. The highest BCUT2D eigenvalue weighted by molar-refractivity contribution is 5.92. The Labute approximate surface area is 156 Å². The first-order valence-electron chi connectivity index (χ1n) is 10.2. The van der Waals surface area contributed by atoms with Gasteiger partial charge in [0, 0.05) is 51.3 Å². The highest BCUT2D eigenvalue weighted by Gasteiger charge is 2.62. The SMILES string of the molecule is CCC(CC)CN1C[C@@H]2[C@H](CNC(=O)c3cn(C)cn3)[C@H]3CC[C@]2(C1)O3. The summed E-state index contributed by atoms with van der Waals surface area (Å²) in [6, 6.07) is 0. The highest BCUT2D eigenvalue weighted by atomic mass is 16.5. The third-order valence-corrected chi connectivity index (χ3v) is 6.96. The number of aromatic nitrogens is 2. The number of imidazole rings is 1. The molecule has 4 atom stereocenters. The zero-order valence-electron chi connectivity index (χ0n) is 16.3. The number of rotatable bonds is 7. The summed E-state index contributed by atoms with van der Waals surface area (Å²) in [5.41, 5.74) is 0.546. The standard InChI is InChI=1S/C20H32N4O2/c1-4-14(5-2)9-24-10-16-15(18-6-7-20(16,12-24)26-18)8-21-19(25)17-11-23(3)13-22-17/h11,13-16,18H,4-10,12H2,1-3H3,(H,21,25)/t15-,16+,18+,20+/m0/s1. The molecule has 0 unspecified atom stereocenters. The Kier molecular flexibility index (Phi) is 4.82. The smallest absolute Gasteiger partial charge is 0.271 e. The number of hydrogen-bond donors (Lipinski definition) is 1. The van der Waals surface area contributed by atoms with Crippen molar-refractivity contribution in [3.8, 4) is 0 Å². The molecule has 0 aliphatic carbocycles. The van der Waals surface area contributed by atoms with Crippen molar-refractivity contribution in [3.63, 3.8) is 0 Å². The largest absolute Gasteiger partial charge is 0.370 e. The monoisotopic (exact) mass is 360 g/mol. The van der Waals surface area contributed by atoms with Crippen LogP contribution in [0.1, 0.15) is 50.0 Å². The van der Waals surface area contributed by atoms with E-state index in [-0.39, 0.29) is 11.5 Å². The van der Waals surface area contributed by atoms with Gasteiger partial charge in [0.15, 0.2) is 0 Å². The summed E-state index contributed by atoms with van der Waals surface area (Å²) in [6.07, 6.45) is 8.57. The van der Waals surface area contributed by atoms with E-state index >= 15 is 0 Å². The van der Waals surface area contributed by atoms with E-state index in [0.29, 0.717) is 30.2 Å². The van der Waals surface area contributed by atoms with Crippen LogP contribution in [-0.4, -0.2) is 58.2 Å². The summed E-state index contributed by atoms with van der Waals surface area (Å²) in [4.78, 5) is 19.1. The Morgan fingerprint density at radius 2 is 2.27 bits per heavy atom. The number of nitrogens with zero attached hydrogens (tertiary/aromatic N) is 3. The molecule has 3 saturated heterocycles. The molecular weight excluding hydrogens is 328 g/mol. The molecule has 3 aliphatic rings. The Morgan fingerprint density at radius 1 is 1.46 bits per heavy atom. The maximum absolute atomic E-state index is 12.4. The molecule has 144 valence electrons. The van der Waals surface area contributed by atoms with Crippen LogP contribution in [0.2, 0.25) is 0 Å². The summed E-state index contributed by atoms with van der Waals surface area (Å²) < 4.78 is 8.31. The fourth-order valence-electron chi connectivity index (χ4n) is 5.44. The molecule has 4 rings (SSSR count). The Balaban J connectivity index is 1.38. The number of carbonyl (C=O) groups excluding carboxylic acids is 1. The summed E-state index contributed by atoms with van der Waals surface area (Å²) >= 11 is 0. The van der Waals surface area contributed by atoms with Crippen LogP contribution in [0.15, 0.2) is 12.5 Å². The van der Waals surface area contributed by atoms with Gasteiger partial charge in [-0.1, -0.05) is 26.7 Å². The molecule has 3 fully saturated rings. The predicted octanol–water partition coefficient (Wildman–Crippen LogP) is 2.07. The molecule has 1 amide bonds. The topological polar surface area (TPSA) is 59.4 Å². The van der Waals surface area contributed by atoms with Crippen LogP contribution >= 0.6 is 0 Å². The van der Waals surface area contributed by atoms with Crippen molar-refractivity contribution in [1.29, 1.82) is 0 Å². The normalized spacial score (nSPS) is 33.2. The van der Waals surface area contributed by atoms with Gasteiger partial charge in [0.25, 0.3) is 5.91 Å². The van der Waals surface area contributed by atoms with Crippen LogP contribution in [0.3, 0.4) is 0 Å². The summed E-state index contributed by atoms with van der Waals surface area (Å²) in [5.74, 6) is 1.70. The highest BCUT2D eigenvalue weighted by Crippen LogP contribution is 2.54. The first kappa shape index (κ1) is 18.0. The lowest BCUT2D eigenvalue weighted by molar-refractivity contribution is 0.00152. The molecule has 26 heavy (non-hydrogen) atoms. The molecule has 1 aromatic heterocycles. The van der Waals surface area contributed by atoms with E-state index < -0.39 is 0 Å². The van der Waals surface area contributed by atoms with Crippen molar-refractivity contribution in [2.75, 3.05) is 26.2 Å². The molecule has 3 aliphatic heterocycles. The molecule has 0 radical (unpaired) electrons. The molecule has 4 heterocycles. The average molecular weight is 361 g/mol. The maximum Gasteiger partial charge on any atom is 0.271 e. The molecule has 1 spiro atoms. The van der Waals surface area contributed by atoms with Crippen LogP contribution in [0.4, 0.5) is 0 Å². The van der Waals surface area contributed by atoms with Crippen molar-refractivity contribution in [2.45, 2.75) is 51.2 Å². The van der Waals surface area contributed by atoms with Gasteiger partial charge < -0.3 is 14.6 Å². The van der Waals surface area contributed by atoms with Gasteiger partial charge in [0.05, 0.1) is 18.0 Å².